The first-order valence-electron chi connectivity index (χ1n) is 17.2. The fourth-order valence-corrected chi connectivity index (χ4v) is 8.04. The quantitative estimate of drug-likeness (QED) is 0.190. The van der Waals surface area contributed by atoms with Crippen molar-refractivity contribution < 1.29 is 4.42 Å². The second-order valence-electron chi connectivity index (χ2n) is 13.1. The van der Waals surface area contributed by atoms with Crippen molar-refractivity contribution in [3.05, 3.63) is 164 Å². The number of furan rings is 1. The van der Waals surface area contributed by atoms with Gasteiger partial charge in [-0.2, -0.15) is 0 Å². The highest BCUT2D eigenvalue weighted by Crippen LogP contribution is 2.49. The summed E-state index contributed by atoms with van der Waals surface area (Å²) >= 11 is 0. The van der Waals surface area contributed by atoms with Gasteiger partial charge < -0.3 is 4.42 Å². The first-order valence-corrected chi connectivity index (χ1v) is 17.2. The molecule has 0 atom stereocenters. The van der Waals surface area contributed by atoms with E-state index >= 15 is 0 Å². The van der Waals surface area contributed by atoms with E-state index in [0.717, 1.165) is 55.1 Å². The number of nitrogens with zero attached hydrogens (tertiary/aromatic N) is 3. The Balaban J connectivity index is 1.16. The van der Waals surface area contributed by atoms with Crippen molar-refractivity contribution in [1.82, 2.24) is 15.0 Å². The molecule has 236 valence electrons. The number of hydrogen-bond acceptors (Lipinski definition) is 4. The van der Waals surface area contributed by atoms with Crippen molar-refractivity contribution in [1.29, 1.82) is 0 Å². The molecule has 8 aromatic carbocycles. The zero-order chi connectivity index (χ0) is 33.5. The van der Waals surface area contributed by atoms with Gasteiger partial charge in [-0.3, -0.25) is 0 Å². The topological polar surface area (TPSA) is 51.8 Å². The van der Waals surface area contributed by atoms with Crippen LogP contribution in [0.4, 0.5) is 0 Å². The van der Waals surface area contributed by atoms with Crippen LogP contribution < -0.4 is 0 Å². The maximum Gasteiger partial charge on any atom is 0.164 e. The summed E-state index contributed by atoms with van der Waals surface area (Å²) in [7, 11) is 0. The summed E-state index contributed by atoms with van der Waals surface area (Å²) in [5, 5.41) is 6.77. The van der Waals surface area contributed by atoms with E-state index < -0.39 is 0 Å². The van der Waals surface area contributed by atoms with Crippen LogP contribution in [-0.2, 0) is 0 Å². The lowest BCUT2D eigenvalue weighted by molar-refractivity contribution is 0.670. The van der Waals surface area contributed by atoms with Gasteiger partial charge in [-0.25, -0.2) is 15.0 Å². The van der Waals surface area contributed by atoms with Gasteiger partial charge in [0.15, 0.2) is 17.5 Å². The summed E-state index contributed by atoms with van der Waals surface area (Å²) in [5.74, 6) is 1.87. The van der Waals surface area contributed by atoms with Crippen LogP contribution in [-0.4, -0.2) is 15.0 Å². The maximum atomic E-state index is 6.73. The molecular weight excluding hydrogens is 623 g/mol. The van der Waals surface area contributed by atoms with Crippen LogP contribution in [0.25, 0.3) is 111 Å². The van der Waals surface area contributed by atoms with Gasteiger partial charge in [-0.05, 0) is 61.5 Å². The highest BCUT2D eigenvalue weighted by Gasteiger charge is 2.24. The SMILES string of the molecule is c1ccc(-c2nc(-c3ccc4c5c(cccc35)-c3ccccc3-4)nc(-c3cccc4oc5c(-c6cccc7ccccc67)cccc5c34)n2)cc1. The minimum absolute atomic E-state index is 0.606. The molecule has 2 heterocycles. The third-order valence-electron chi connectivity index (χ3n) is 10.3. The first-order chi connectivity index (χ1) is 25.3. The Kier molecular flexibility index (Phi) is 5.92. The molecule has 4 nitrogen and oxygen atoms in total. The summed E-state index contributed by atoms with van der Waals surface area (Å²) in [6.07, 6.45) is 0. The summed E-state index contributed by atoms with van der Waals surface area (Å²) in [6.45, 7) is 0. The van der Waals surface area contributed by atoms with E-state index in [9.17, 15) is 0 Å². The molecule has 4 heteroatoms. The number of rotatable bonds is 4. The Morgan fingerprint density at radius 2 is 0.863 bits per heavy atom. The number of fused-ring (bicyclic) bond motifs is 7. The molecule has 10 aromatic rings. The second kappa shape index (κ2) is 10.8. The van der Waals surface area contributed by atoms with Gasteiger partial charge in [-0.1, -0.05) is 152 Å². The van der Waals surface area contributed by atoms with Crippen LogP contribution in [0, 0.1) is 0 Å². The van der Waals surface area contributed by atoms with Crippen LogP contribution in [0.2, 0.25) is 0 Å². The standard InChI is InChI=1S/C47H27N3O/c1-2-13-29(14-3-1)45-48-46(38-27-26-36-33-18-7-6-17-32(33)34-20-9-21-35(38)42(34)36)50-47(49-45)40-24-11-25-41-43(40)39-23-10-22-37(44(39)51-41)31-19-8-15-28-12-4-5-16-30(28)31/h1-27H. The van der Waals surface area contributed by atoms with Gasteiger partial charge in [0.1, 0.15) is 11.2 Å². The van der Waals surface area contributed by atoms with Crippen LogP contribution in [0.5, 0.6) is 0 Å². The van der Waals surface area contributed by atoms with Crippen molar-refractivity contribution in [3.8, 4) is 67.5 Å². The first kappa shape index (κ1) is 28.0. The molecule has 0 aliphatic heterocycles. The molecule has 0 amide bonds. The molecule has 0 radical (unpaired) electrons. The largest absolute Gasteiger partial charge is 0.455 e. The molecule has 0 saturated carbocycles. The molecule has 0 bridgehead atoms. The minimum atomic E-state index is 0.606. The van der Waals surface area contributed by atoms with E-state index in [4.69, 9.17) is 19.4 Å². The van der Waals surface area contributed by atoms with Crippen molar-refractivity contribution in [2.24, 2.45) is 0 Å². The van der Waals surface area contributed by atoms with Crippen LogP contribution in [0.15, 0.2) is 168 Å². The molecule has 11 rings (SSSR count). The number of aromatic nitrogens is 3. The number of hydrogen-bond donors (Lipinski definition) is 0. The predicted molar refractivity (Wildman–Crippen MR) is 208 cm³/mol. The van der Waals surface area contributed by atoms with Crippen LogP contribution in [0.3, 0.4) is 0 Å². The Morgan fingerprint density at radius 1 is 0.314 bits per heavy atom. The highest BCUT2D eigenvalue weighted by atomic mass is 16.3. The van der Waals surface area contributed by atoms with Crippen molar-refractivity contribution >= 4 is 43.5 Å². The number of benzene rings is 8. The molecule has 0 spiro atoms. The predicted octanol–water partition coefficient (Wildman–Crippen LogP) is 12.4. The maximum absolute atomic E-state index is 6.73. The summed E-state index contributed by atoms with van der Waals surface area (Å²) in [5.41, 5.74) is 11.7. The molecule has 1 aliphatic carbocycles. The van der Waals surface area contributed by atoms with Gasteiger partial charge in [0.2, 0.25) is 0 Å². The second-order valence-corrected chi connectivity index (χ2v) is 13.1. The smallest absolute Gasteiger partial charge is 0.164 e. The Bertz CT molecular complexity index is 3000. The lowest BCUT2D eigenvalue weighted by atomic mass is 9.96. The van der Waals surface area contributed by atoms with E-state index in [0.29, 0.717) is 17.5 Å². The Hall–Kier alpha value is -6.91. The molecule has 51 heavy (non-hydrogen) atoms. The van der Waals surface area contributed by atoms with E-state index in [1.807, 2.05) is 30.3 Å². The van der Waals surface area contributed by atoms with E-state index in [2.05, 4.69) is 133 Å². The van der Waals surface area contributed by atoms with Gasteiger partial charge >= 0.3 is 0 Å². The van der Waals surface area contributed by atoms with Crippen LogP contribution in [0.1, 0.15) is 0 Å². The third-order valence-corrected chi connectivity index (χ3v) is 10.3. The lowest BCUT2D eigenvalue weighted by Crippen LogP contribution is -2.01. The van der Waals surface area contributed by atoms with Crippen LogP contribution >= 0.6 is 0 Å². The highest BCUT2D eigenvalue weighted by molar-refractivity contribution is 6.19. The third kappa shape index (κ3) is 4.17. The van der Waals surface area contributed by atoms with Crippen molar-refractivity contribution in [2.75, 3.05) is 0 Å². The normalized spacial score (nSPS) is 11.9. The van der Waals surface area contributed by atoms with Crippen molar-refractivity contribution in [3.63, 3.8) is 0 Å². The summed E-state index contributed by atoms with van der Waals surface area (Å²) < 4.78 is 6.73. The summed E-state index contributed by atoms with van der Waals surface area (Å²) in [4.78, 5) is 15.6. The average Bonchev–Trinajstić information content (AvgIpc) is 3.75. The molecule has 0 N–H and O–H groups in total. The molecular formula is C47H27N3O. The van der Waals surface area contributed by atoms with Gasteiger partial charge in [0.25, 0.3) is 0 Å². The van der Waals surface area contributed by atoms with Gasteiger partial charge in [-0.15, -0.1) is 0 Å². The average molecular weight is 650 g/mol. The zero-order valence-electron chi connectivity index (χ0n) is 27.3. The van der Waals surface area contributed by atoms with E-state index in [-0.39, 0.29) is 0 Å². The lowest BCUT2D eigenvalue weighted by Gasteiger charge is -2.12. The Labute approximate surface area is 293 Å². The summed E-state index contributed by atoms with van der Waals surface area (Å²) in [6, 6.07) is 57.2. The molecule has 0 saturated heterocycles. The van der Waals surface area contributed by atoms with E-state index in [1.165, 1.54) is 38.4 Å². The van der Waals surface area contributed by atoms with E-state index in [1.54, 1.807) is 0 Å². The molecule has 1 aliphatic rings. The van der Waals surface area contributed by atoms with Crippen molar-refractivity contribution in [2.45, 2.75) is 0 Å². The fraction of sp³-hybridized carbons (Fsp3) is 0. The molecule has 2 aromatic heterocycles. The minimum Gasteiger partial charge on any atom is -0.455 e. The monoisotopic (exact) mass is 649 g/mol. The van der Waals surface area contributed by atoms with Gasteiger partial charge in [0, 0.05) is 33.0 Å². The fourth-order valence-electron chi connectivity index (χ4n) is 8.04. The number of para-hydroxylation sites is 1. The molecule has 0 unspecified atom stereocenters. The zero-order valence-corrected chi connectivity index (χ0v) is 27.3. The molecule has 0 fully saturated rings. The Morgan fingerprint density at radius 3 is 1.73 bits per heavy atom. The van der Waals surface area contributed by atoms with Gasteiger partial charge in [0.05, 0.1) is 0 Å².